The summed E-state index contributed by atoms with van der Waals surface area (Å²) in [6, 6.07) is 5.34. The minimum Gasteiger partial charge on any atom is -0.316 e. The van der Waals surface area contributed by atoms with Gasteiger partial charge in [0.2, 0.25) is 0 Å². The van der Waals surface area contributed by atoms with Gasteiger partial charge in [-0.3, -0.25) is 0 Å². The fourth-order valence-corrected chi connectivity index (χ4v) is 2.56. The van der Waals surface area contributed by atoms with Gasteiger partial charge >= 0.3 is 6.18 Å². The summed E-state index contributed by atoms with van der Waals surface area (Å²) in [5.41, 5.74) is 0.813. The number of alkyl halides is 3. The first-order chi connectivity index (χ1) is 9.55. The number of imidazole rings is 1. The maximum Gasteiger partial charge on any atom is 0.416 e. The summed E-state index contributed by atoms with van der Waals surface area (Å²) in [5, 5.41) is 3.25. The Bertz CT molecular complexity index is 598. The predicted molar refractivity (Wildman–Crippen MR) is 68.8 cm³/mol. The third kappa shape index (κ3) is 2.43. The molecular formula is C14H14F3N3. The Labute approximate surface area is 114 Å². The molecule has 1 atom stereocenters. The van der Waals surface area contributed by atoms with Crippen molar-refractivity contribution in [2.75, 3.05) is 13.1 Å². The number of hydrogen-bond acceptors (Lipinski definition) is 2. The van der Waals surface area contributed by atoms with Crippen LogP contribution < -0.4 is 5.32 Å². The van der Waals surface area contributed by atoms with Crippen molar-refractivity contribution < 1.29 is 13.2 Å². The topological polar surface area (TPSA) is 29.9 Å². The minimum atomic E-state index is -4.33. The number of nitrogens with zero attached hydrogens (tertiary/aromatic N) is 2. The van der Waals surface area contributed by atoms with E-state index in [9.17, 15) is 13.2 Å². The predicted octanol–water partition coefficient (Wildman–Crippen LogP) is 2.97. The van der Waals surface area contributed by atoms with E-state index in [1.54, 1.807) is 23.2 Å². The monoisotopic (exact) mass is 281 g/mol. The maximum absolute atomic E-state index is 12.8. The third-order valence-corrected chi connectivity index (χ3v) is 3.60. The molecule has 1 N–H and O–H groups in total. The molecule has 1 saturated heterocycles. The van der Waals surface area contributed by atoms with Crippen LogP contribution >= 0.6 is 0 Å². The lowest BCUT2D eigenvalue weighted by molar-refractivity contribution is -0.137. The number of benzene rings is 1. The van der Waals surface area contributed by atoms with Gasteiger partial charge in [-0.15, -0.1) is 0 Å². The number of halogens is 3. The van der Waals surface area contributed by atoms with Crippen LogP contribution in [0.2, 0.25) is 0 Å². The van der Waals surface area contributed by atoms with Crippen molar-refractivity contribution in [2.45, 2.75) is 18.5 Å². The van der Waals surface area contributed by atoms with Crippen molar-refractivity contribution in [1.29, 1.82) is 0 Å². The van der Waals surface area contributed by atoms with Crippen LogP contribution in [0.4, 0.5) is 13.2 Å². The molecule has 1 aliphatic rings. The SMILES string of the molecule is FC(F)(F)c1cccc(-n2cncc2C2CCNC2)c1. The molecule has 0 aliphatic carbocycles. The zero-order valence-electron chi connectivity index (χ0n) is 10.7. The maximum atomic E-state index is 12.8. The molecule has 2 heterocycles. The van der Waals surface area contributed by atoms with E-state index in [-0.39, 0.29) is 0 Å². The average Bonchev–Trinajstić information content (AvgIpc) is 3.08. The summed E-state index contributed by atoms with van der Waals surface area (Å²) < 4.78 is 40.1. The van der Waals surface area contributed by atoms with Gasteiger partial charge in [0.25, 0.3) is 0 Å². The van der Waals surface area contributed by atoms with Gasteiger partial charge < -0.3 is 9.88 Å². The van der Waals surface area contributed by atoms with E-state index in [2.05, 4.69) is 10.3 Å². The first-order valence-corrected chi connectivity index (χ1v) is 6.46. The number of nitrogens with one attached hydrogen (secondary N) is 1. The Morgan fingerprint density at radius 1 is 1.30 bits per heavy atom. The van der Waals surface area contributed by atoms with Crippen LogP contribution in [0, 0.1) is 0 Å². The average molecular weight is 281 g/mol. The highest BCUT2D eigenvalue weighted by atomic mass is 19.4. The van der Waals surface area contributed by atoms with Gasteiger partial charge in [0.1, 0.15) is 0 Å². The summed E-state index contributed by atoms with van der Waals surface area (Å²) >= 11 is 0. The molecule has 0 amide bonds. The summed E-state index contributed by atoms with van der Waals surface area (Å²) in [4.78, 5) is 4.09. The number of hydrogen-bond donors (Lipinski definition) is 1. The van der Waals surface area contributed by atoms with Crippen LogP contribution in [0.5, 0.6) is 0 Å². The van der Waals surface area contributed by atoms with E-state index >= 15 is 0 Å². The van der Waals surface area contributed by atoms with Crippen molar-refractivity contribution in [2.24, 2.45) is 0 Å². The normalized spacial score (nSPS) is 19.4. The van der Waals surface area contributed by atoms with Gasteiger partial charge in [0.15, 0.2) is 0 Å². The molecule has 0 saturated carbocycles. The highest BCUT2D eigenvalue weighted by molar-refractivity contribution is 5.39. The molecular weight excluding hydrogens is 267 g/mol. The van der Waals surface area contributed by atoms with Crippen LogP contribution in [0.15, 0.2) is 36.8 Å². The molecule has 0 radical (unpaired) electrons. The first-order valence-electron chi connectivity index (χ1n) is 6.46. The molecule has 3 nitrogen and oxygen atoms in total. The van der Waals surface area contributed by atoms with Crippen LogP contribution in [-0.2, 0) is 6.18 Å². The molecule has 3 rings (SSSR count). The lowest BCUT2D eigenvalue weighted by Crippen LogP contribution is -2.11. The molecule has 2 aromatic rings. The molecule has 20 heavy (non-hydrogen) atoms. The largest absolute Gasteiger partial charge is 0.416 e. The summed E-state index contributed by atoms with van der Waals surface area (Å²) in [6.45, 7) is 1.77. The van der Waals surface area contributed by atoms with Gasteiger partial charge in [0.05, 0.1) is 11.9 Å². The zero-order chi connectivity index (χ0) is 14.2. The fraction of sp³-hybridized carbons (Fsp3) is 0.357. The molecule has 6 heteroatoms. The second kappa shape index (κ2) is 4.94. The Balaban J connectivity index is 1.99. The van der Waals surface area contributed by atoms with E-state index in [4.69, 9.17) is 0 Å². The fourth-order valence-electron chi connectivity index (χ4n) is 2.56. The van der Waals surface area contributed by atoms with Crippen LogP contribution in [0.1, 0.15) is 23.6 Å². The first kappa shape index (κ1) is 13.2. The van der Waals surface area contributed by atoms with Gasteiger partial charge in [0, 0.05) is 30.0 Å². The van der Waals surface area contributed by atoms with Crippen LogP contribution in [-0.4, -0.2) is 22.6 Å². The highest BCUT2D eigenvalue weighted by Crippen LogP contribution is 2.31. The lowest BCUT2D eigenvalue weighted by Gasteiger charge is -2.14. The quantitative estimate of drug-likeness (QED) is 0.917. The number of aromatic nitrogens is 2. The second-order valence-corrected chi connectivity index (χ2v) is 4.93. The van der Waals surface area contributed by atoms with Crippen molar-refractivity contribution in [3.63, 3.8) is 0 Å². The van der Waals surface area contributed by atoms with Crippen LogP contribution in [0.25, 0.3) is 5.69 Å². The van der Waals surface area contributed by atoms with E-state index in [1.165, 1.54) is 6.07 Å². The minimum absolute atomic E-state index is 0.298. The smallest absolute Gasteiger partial charge is 0.316 e. The highest BCUT2D eigenvalue weighted by Gasteiger charge is 2.30. The Morgan fingerprint density at radius 2 is 2.15 bits per heavy atom. The molecule has 1 aromatic carbocycles. The van der Waals surface area contributed by atoms with Crippen LogP contribution in [0.3, 0.4) is 0 Å². The van der Waals surface area contributed by atoms with E-state index in [1.807, 2.05) is 0 Å². The zero-order valence-corrected chi connectivity index (χ0v) is 10.7. The molecule has 106 valence electrons. The van der Waals surface area contributed by atoms with Gasteiger partial charge in [-0.05, 0) is 31.2 Å². The van der Waals surface area contributed by atoms with Crippen molar-refractivity contribution in [3.8, 4) is 5.69 Å². The Hall–Kier alpha value is -1.82. The summed E-state index contributed by atoms with van der Waals surface area (Å²) in [7, 11) is 0. The third-order valence-electron chi connectivity index (χ3n) is 3.60. The van der Waals surface area contributed by atoms with Gasteiger partial charge in [-0.2, -0.15) is 13.2 Å². The Kier molecular flexibility index (Phi) is 3.25. The van der Waals surface area contributed by atoms with Crippen molar-refractivity contribution in [3.05, 3.63) is 48.0 Å². The summed E-state index contributed by atoms with van der Waals surface area (Å²) in [6.07, 6.45) is -0.0443. The molecule has 0 bridgehead atoms. The Morgan fingerprint density at radius 3 is 2.85 bits per heavy atom. The molecule has 1 fully saturated rings. The van der Waals surface area contributed by atoms with E-state index in [0.29, 0.717) is 11.6 Å². The van der Waals surface area contributed by atoms with Gasteiger partial charge in [-0.1, -0.05) is 6.07 Å². The van der Waals surface area contributed by atoms with Gasteiger partial charge in [-0.25, -0.2) is 4.98 Å². The van der Waals surface area contributed by atoms with Crippen molar-refractivity contribution in [1.82, 2.24) is 14.9 Å². The second-order valence-electron chi connectivity index (χ2n) is 4.93. The van der Waals surface area contributed by atoms with E-state index in [0.717, 1.165) is 37.3 Å². The molecule has 1 unspecified atom stereocenters. The standard InChI is InChI=1S/C14H14F3N3/c15-14(16,17)11-2-1-3-12(6-11)20-9-19-8-13(20)10-4-5-18-7-10/h1-3,6,8-10,18H,4-5,7H2. The molecule has 1 aliphatic heterocycles. The van der Waals surface area contributed by atoms with Crippen molar-refractivity contribution >= 4 is 0 Å². The van der Waals surface area contributed by atoms with E-state index < -0.39 is 11.7 Å². The molecule has 1 aromatic heterocycles. The lowest BCUT2D eigenvalue weighted by atomic mass is 10.1. The summed E-state index contributed by atoms with van der Waals surface area (Å²) in [5.74, 6) is 0.298. The number of rotatable bonds is 2. The molecule has 0 spiro atoms.